The summed E-state index contributed by atoms with van der Waals surface area (Å²) in [7, 11) is -2.64. The number of esters is 1. The van der Waals surface area contributed by atoms with Crippen molar-refractivity contribution < 1.29 is 17.9 Å². The van der Waals surface area contributed by atoms with Crippen LogP contribution < -0.4 is 4.72 Å². The fourth-order valence-corrected chi connectivity index (χ4v) is 3.47. The second-order valence-electron chi connectivity index (χ2n) is 6.56. The zero-order valence-electron chi connectivity index (χ0n) is 14.5. The number of nitrogens with one attached hydrogen (secondary N) is 1. The predicted molar refractivity (Wildman–Crippen MR) is 98.7 cm³/mol. The van der Waals surface area contributed by atoms with Crippen LogP contribution in [-0.2, 0) is 20.2 Å². The van der Waals surface area contributed by atoms with E-state index in [-0.39, 0.29) is 21.6 Å². The first-order chi connectivity index (χ1) is 11.5. The summed E-state index contributed by atoms with van der Waals surface area (Å²) in [6.45, 7) is 6.14. The molecular weight excluding hydrogens is 362 g/mol. The van der Waals surface area contributed by atoms with Gasteiger partial charge in [0.1, 0.15) is 0 Å². The van der Waals surface area contributed by atoms with Crippen molar-refractivity contribution in [1.82, 2.24) is 0 Å². The van der Waals surface area contributed by atoms with Crippen molar-refractivity contribution in [2.45, 2.75) is 31.1 Å². The number of methoxy groups -OCH3 is 1. The van der Waals surface area contributed by atoms with E-state index in [1.807, 2.05) is 20.8 Å². The molecule has 0 aliphatic rings. The topological polar surface area (TPSA) is 72.5 Å². The minimum absolute atomic E-state index is 0.0462. The quantitative estimate of drug-likeness (QED) is 0.804. The molecule has 0 atom stereocenters. The highest BCUT2D eigenvalue weighted by atomic mass is 35.5. The molecule has 0 aromatic heterocycles. The molecule has 0 unspecified atom stereocenters. The molecule has 0 aliphatic carbocycles. The Balaban J connectivity index is 2.38. The molecule has 25 heavy (non-hydrogen) atoms. The molecule has 2 aromatic rings. The second-order valence-corrected chi connectivity index (χ2v) is 8.68. The number of hydrogen-bond donors (Lipinski definition) is 1. The third kappa shape index (κ3) is 4.52. The number of benzene rings is 2. The molecule has 5 nitrogen and oxygen atoms in total. The lowest BCUT2D eigenvalue weighted by molar-refractivity contribution is 0.0602. The van der Waals surface area contributed by atoms with Gasteiger partial charge in [-0.1, -0.05) is 44.5 Å². The Morgan fingerprint density at radius 2 is 1.68 bits per heavy atom. The molecule has 1 N–H and O–H groups in total. The van der Waals surface area contributed by atoms with Crippen molar-refractivity contribution >= 4 is 33.3 Å². The summed E-state index contributed by atoms with van der Waals surface area (Å²) >= 11 is 5.88. The van der Waals surface area contributed by atoms with Crippen LogP contribution in [0.15, 0.2) is 47.4 Å². The van der Waals surface area contributed by atoms with Gasteiger partial charge in [-0.05, 0) is 41.3 Å². The van der Waals surface area contributed by atoms with Gasteiger partial charge < -0.3 is 4.74 Å². The van der Waals surface area contributed by atoms with Crippen LogP contribution in [0.5, 0.6) is 0 Å². The molecule has 7 heteroatoms. The highest BCUT2D eigenvalue weighted by Crippen LogP contribution is 2.26. The third-order valence-corrected chi connectivity index (χ3v) is 5.28. The Kier molecular flexibility index (Phi) is 5.44. The van der Waals surface area contributed by atoms with Crippen molar-refractivity contribution in [2.24, 2.45) is 0 Å². The molecule has 0 spiro atoms. The van der Waals surface area contributed by atoms with Crippen LogP contribution in [0.25, 0.3) is 0 Å². The molecule has 0 amide bonds. The maximum absolute atomic E-state index is 12.6. The highest BCUT2D eigenvalue weighted by molar-refractivity contribution is 7.92. The van der Waals surface area contributed by atoms with E-state index in [1.165, 1.54) is 37.4 Å². The largest absolute Gasteiger partial charge is 0.465 e. The summed E-state index contributed by atoms with van der Waals surface area (Å²) in [5.74, 6) is -0.678. The summed E-state index contributed by atoms with van der Waals surface area (Å²) in [5, 5.41) is 0.304. The lowest BCUT2D eigenvalue weighted by Gasteiger charge is -2.19. The molecule has 0 aliphatic heterocycles. The van der Waals surface area contributed by atoms with Crippen molar-refractivity contribution in [1.29, 1.82) is 0 Å². The van der Waals surface area contributed by atoms with Gasteiger partial charge in [0.05, 0.1) is 23.3 Å². The van der Waals surface area contributed by atoms with Gasteiger partial charge in [0, 0.05) is 5.02 Å². The summed E-state index contributed by atoms with van der Waals surface area (Å²) < 4.78 is 32.3. The van der Waals surface area contributed by atoms with E-state index in [1.54, 1.807) is 12.1 Å². The average Bonchev–Trinajstić information content (AvgIpc) is 2.55. The normalized spacial score (nSPS) is 11.9. The van der Waals surface area contributed by atoms with Gasteiger partial charge in [0.2, 0.25) is 0 Å². The molecule has 0 fully saturated rings. The molecule has 0 saturated carbocycles. The Morgan fingerprint density at radius 3 is 2.20 bits per heavy atom. The number of rotatable bonds is 4. The molecule has 0 saturated heterocycles. The SMILES string of the molecule is COC(=O)c1cc(Cl)ccc1NS(=O)(=O)c1ccc(C(C)(C)C)cc1. The van der Waals surface area contributed by atoms with Gasteiger partial charge in [-0.15, -0.1) is 0 Å². The molecule has 0 radical (unpaired) electrons. The van der Waals surface area contributed by atoms with Crippen molar-refractivity contribution in [3.63, 3.8) is 0 Å². The van der Waals surface area contributed by atoms with Crippen molar-refractivity contribution in [3.05, 3.63) is 58.6 Å². The fraction of sp³-hybridized carbons (Fsp3) is 0.278. The van der Waals surface area contributed by atoms with E-state index in [0.29, 0.717) is 5.02 Å². The monoisotopic (exact) mass is 381 g/mol. The summed E-state index contributed by atoms with van der Waals surface area (Å²) in [4.78, 5) is 12.0. The maximum atomic E-state index is 12.6. The van der Waals surface area contributed by atoms with Gasteiger partial charge in [-0.2, -0.15) is 0 Å². The molecule has 2 aromatic carbocycles. The number of halogens is 1. The first kappa shape index (κ1) is 19.3. The number of carbonyl (C=O) groups is 1. The van der Waals surface area contributed by atoms with Gasteiger partial charge in [-0.3, -0.25) is 4.72 Å². The van der Waals surface area contributed by atoms with E-state index < -0.39 is 16.0 Å². The van der Waals surface area contributed by atoms with Crippen LogP contribution in [0.2, 0.25) is 5.02 Å². The lowest BCUT2D eigenvalue weighted by atomic mass is 9.87. The first-order valence-electron chi connectivity index (χ1n) is 7.56. The second kappa shape index (κ2) is 7.06. The van der Waals surface area contributed by atoms with Crippen molar-refractivity contribution in [2.75, 3.05) is 11.8 Å². The molecule has 0 bridgehead atoms. The lowest BCUT2D eigenvalue weighted by Crippen LogP contribution is -2.17. The maximum Gasteiger partial charge on any atom is 0.340 e. The average molecular weight is 382 g/mol. The smallest absolute Gasteiger partial charge is 0.340 e. The number of anilines is 1. The van der Waals surface area contributed by atoms with Crippen LogP contribution in [0.4, 0.5) is 5.69 Å². The number of hydrogen-bond acceptors (Lipinski definition) is 4. The van der Waals surface area contributed by atoms with Crippen LogP contribution in [-0.4, -0.2) is 21.5 Å². The predicted octanol–water partition coefficient (Wildman–Crippen LogP) is 4.22. The summed E-state index contributed by atoms with van der Waals surface area (Å²) in [6, 6.07) is 10.9. The molecule has 0 heterocycles. The molecule has 2 rings (SSSR count). The zero-order valence-corrected chi connectivity index (χ0v) is 16.0. The number of ether oxygens (including phenoxy) is 1. The van der Waals surface area contributed by atoms with E-state index in [2.05, 4.69) is 9.46 Å². The zero-order chi connectivity index (χ0) is 18.8. The van der Waals surface area contributed by atoms with E-state index >= 15 is 0 Å². The minimum atomic E-state index is -3.85. The fourth-order valence-electron chi connectivity index (χ4n) is 2.22. The van der Waals surface area contributed by atoms with Gasteiger partial charge in [0.25, 0.3) is 10.0 Å². The van der Waals surface area contributed by atoms with E-state index in [0.717, 1.165) is 5.56 Å². The minimum Gasteiger partial charge on any atom is -0.465 e. The van der Waals surface area contributed by atoms with Crippen LogP contribution in [0, 0.1) is 0 Å². The van der Waals surface area contributed by atoms with Crippen LogP contribution in [0.1, 0.15) is 36.7 Å². The van der Waals surface area contributed by atoms with Crippen molar-refractivity contribution in [3.8, 4) is 0 Å². The van der Waals surface area contributed by atoms with E-state index in [9.17, 15) is 13.2 Å². The Hall–Kier alpha value is -2.05. The molecular formula is C18H20ClNO4S. The standard InChI is InChI=1S/C18H20ClNO4S/c1-18(2,3)12-5-8-14(9-6-12)25(22,23)20-16-10-7-13(19)11-15(16)17(21)24-4/h5-11,20H,1-4H3. The van der Waals surface area contributed by atoms with Gasteiger partial charge >= 0.3 is 5.97 Å². The van der Waals surface area contributed by atoms with Gasteiger partial charge in [0.15, 0.2) is 0 Å². The van der Waals surface area contributed by atoms with Crippen LogP contribution >= 0.6 is 11.6 Å². The highest BCUT2D eigenvalue weighted by Gasteiger charge is 2.21. The summed E-state index contributed by atoms with van der Waals surface area (Å²) in [5.41, 5.74) is 1.10. The van der Waals surface area contributed by atoms with E-state index in [4.69, 9.17) is 11.6 Å². The number of sulfonamides is 1. The van der Waals surface area contributed by atoms with Crippen LogP contribution in [0.3, 0.4) is 0 Å². The Labute approximate surface area is 153 Å². The third-order valence-electron chi connectivity index (χ3n) is 3.66. The first-order valence-corrected chi connectivity index (χ1v) is 9.42. The molecule has 134 valence electrons. The Bertz CT molecular complexity index is 884. The summed E-state index contributed by atoms with van der Waals surface area (Å²) in [6.07, 6.45) is 0. The number of carbonyl (C=O) groups excluding carboxylic acids is 1. The Morgan fingerprint density at radius 1 is 1.08 bits per heavy atom. The van der Waals surface area contributed by atoms with Gasteiger partial charge in [-0.25, -0.2) is 13.2 Å².